The Morgan fingerprint density at radius 2 is 1.74 bits per heavy atom. The van der Waals surface area contributed by atoms with Gasteiger partial charge in [0.25, 0.3) is 0 Å². The first-order valence-electron chi connectivity index (χ1n) is 11.0. The average molecular weight is 491 g/mol. The van der Waals surface area contributed by atoms with Crippen molar-refractivity contribution in [3.05, 3.63) is 82.9 Å². The quantitative estimate of drug-likeness (QED) is 0.285. The fraction of sp³-hybridized carbons (Fsp3) is 0.192. The third kappa shape index (κ3) is 3.64. The number of phenolic OH excluding ortho intramolecular Hbond substituents is 1. The van der Waals surface area contributed by atoms with Gasteiger partial charge >= 0.3 is 11.9 Å². The number of esters is 2. The third-order valence-corrected chi connectivity index (χ3v) is 6.22. The number of phenols is 1. The summed E-state index contributed by atoms with van der Waals surface area (Å²) in [6, 6.07) is 15.9. The van der Waals surface area contributed by atoms with Gasteiger partial charge in [0.05, 0.1) is 5.56 Å². The number of carbonyl (C=O) groups excluding carboxylic acids is 2. The van der Waals surface area contributed by atoms with E-state index in [9.17, 15) is 14.7 Å². The summed E-state index contributed by atoms with van der Waals surface area (Å²) < 4.78 is 17.7. The Morgan fingerprint density at radius 3 is 2.46 bits per heavy atom. The highest BCUT2D eigenvalue weighted by Crippen LogP contribution is 2.56. The van der Waals surface area contributed by atoms with E-state index in [1.54, 1.807) is 36.4 Å². The molecule has 0 amide bonds. The molecule has 0 aromatic heterocycles. The van der Waals surface area contributed by atoms with E-state index in [0.29, 0.717) is 33.8 Å². The van der Waals surface area contributed by atoms with Crippen LogP contribution in [0.25, 0.3) is 0 Å². The average Bonchev–Trinajstić information content (AvgIpc) is 3.10. The Balaban J connectivity index is 1.60. The molecule has 35 heavy (non-hydrogen) atoms. The lowest BCUT2D eigenvalue weighted by Gasteiger charge is -2.36. The van der Waals surface area contributed by atoms with E-state index >= 15 is 0 Å². The van der Waals surface area contributed by atoms with Gasteiger partial charge < -0.3 is 30.4 Å². The van der Waals surface area contributed by atoms with Crippen molar-refractivity contribution in [2.24, 2.45) is 11.7 Å². The maximum Gasteiger partial charge on any atom is 0.340 e. The lowest BCUT2D eigenvalue weighted by molar-refractivity contribution is -0.137. The first kappa shape index (κ1) is 22.7. The van der Waals surface area contributed by atoms with Crippen LogP contribution in [0.15, 0.2) is 60.7 Å². The number of aromatic hydroxyl groups is 1. The standard InChI is InChI=1S/C26H22N2O6S/c1-13(2)22(28-25(27)35)24(31)32-15-8-10-19-21(12-15)33-20-11-14(29)7-9-18(20)26(19)17-6-4-3-5-16(17)23(30)34-26/h3-13,22,29H,1-2H3,(H3,27,28,35)/t22-,26?/m0/s1. The summed E-state index contributed by atoms with van der Waals surface area (Å²) >= 11 is 4.88. The summed E-state index contributed by atoms with van der Waals surface area (Å²) in [6.45, 7) is 3.68. The van der Waals surface area contributed by atoms with Gasteiger partial charge in [0.1, 0.15) is 29.0 Å². The van der Waals surface area contributed by atoms with E-state index in [2.05, 4.69) is 5.32 Å². The highest BCUT2D eigenvalue weighted by molar-refractivity contribution is 7.80. The number of hydrogen-bond acceptors (Lipinski definition) is 7. The van der Waals surface area contributed by atoms with Crippen LogP contribution in [0, 0.1) is 5.92 Å². The number of nitrogens with two attached hydrogens (primary N) is 1. The zero-order chi connectivity index (χ0) is 24.9. The molecule has 9 heteroatoms. The Hall–Kier alpha value is -4.11. The molecule has 1 spiro atoms. The molecule has 0 bridgehead atoms. The van der Waals surface area contributed by atoms with Gasteiger partial charge in [-0.3, -0.25) is 0 Å². The van der Waals surface area contributed by atoms with Crippen molar-refractivity contribution >= 4 is 29.3 Å². The number of rotatable bonds is 4. The minimum atomic E-state index is -1.28. The van der Waals surface area contributed by atoms with Gasteiger partial charge in [-0.15, -0.1) is 0 Å². The molecule has 3 aromatic rings. The molecule has 0 radical (unpaired) electrons. The predicted octanol–water partition coefficient (Wildman–Crippen LogP) is 3.72. The van der Waals surface area contributed by atoms with E-state index in [0.717, 1.165) is 0 Å². The van der Waals surface area contributed by atoms with Gasteiger partial charge in [0.2, 0.25) is 0 Å². The maximum absolute atomic E-state index is 12.9. The van der Waals surface area contributed by atoms with Gasteiger partial charge in [-0.05, 0) is 48.5 Å². The van der Waals surface area contributed by atoms with Gasteiger partial charge in [-0.1, -0.05) is 32.0 Å². The first-order valence-corrected chi connectivity index (χ1v) is 11.4. The highest BCUT2D eigenvalue weighted by atomic mass is 32.1. The molecule has 0 saturated carbocycles. The van der Waals surface area contributed by atoms with Gasteiger partial charge in [-0.25, -0.2) is 9.59 Å². The Labute approximate surface area is 206 Å². The van der Waals surface area contributed by atoms with Crippen LogP contribution in [0.5, 0.6) is 23.0 Å². The second kappa shape index (κ2) is 8.28. The van der Waals surface area contributed by atoms with E-state index in [-0.39, 0.29) is 22.5 Å². The number of fused-ring (bicyclic) bond motifs is 6. The Bertz CT molecular complexity index is 1390. The van der Waals surface area contributed by atoms with E-state index in [1.807, 2.05) is 26.0 Å². The minimum Gasteiger partial charge on any atom is -0.508 e. The molecular formula is C26H22N2O6S. The number of benzene rings is 3. The second-order valence-electron chi connectivity index (χ2n) is 8.71. The smallest absolute Gasteiger partial charge is 0.340 e. The molecule has 2 aliphatic rings. The molecule has 1 unspecified atom stereocenters. The van der Waals surface area contributed by atoms with E-state index < -0.39 is 23.6 Å². The van der Waals surface area contributed by atoms with Gasteiger partial charge in [0.15, 0.2) is 10.7 Å². The van der Waals surface area contributed by atoms with Crippen LogP contribution in [0.2, 0.25) is 0 Å². The Kier molecular flexibility index (Phi) is 5.36. The molecule has 0 saturated heterocycles. The largest absolute Gasteiger partial charge is 0.508 e. The van der Waals surface area contributed by atoms with Crippen molar-refractivity contribution in [2.45, 2.75) is 25.5 Å². The summed E-state index contributed by atoms with van der Waals surface area (Å²) in [4.78, 5) is 25.7. The summed E-state index contributed by atoms with van der Waals surface area (Å²) in [5.41, 5.74) is 6.52. The first-order chi connectivity index (χ1) is 16.7. The van der Waals surface area contributed by atoms with Crippen molar-refractivity contribution in [3.63, 3.8) is 0 Å². The molecule has 5 rings (SSSR count). The number of carbonyl (C=O) groups is 2. The van der Waals surface area contributed by atoms with Crippen molar-refractivity contribution in [3.8, 4) is 23.0 Å². The van der Waals surface area contributed by atoms with Gasteiger partial charge in [-0.2, -0.15) is 0 Å². The number of thiocarbonyl (C=S) groups is 1. The van der Waals surface area contributed by atoms with Crippen LogP contribution in [-0.4, -0.2) is 28.2 Å². The molecule has 2 aliphatic heterocycles. The lowest BCUT2D eigenvalue weighted by atomic mass is 9.77. The summed E-state index contributed by atoms with van der Waals surface area (Å²) in [5.74, 6) is -0.306. The van der Waals surface area contributed by atoms with E-state index in [4.69, 9.17) is 32.2 Å². The molecule has 2 atom stereocenters. The highest BCUT2D eigenvalue weighted by Gasteiger charge is 2.53. The monoisotopic (exact) mass is 490 g/mol. The molecule has 0 fully saturated rings. The SMILES string of the molecule is CC(C)[C@H](NC(N)=S)C(=O)Oc1ccc2c(c1)Oc1cc(O)ccc1C21OC(=O)c2ccccc21. The lowest BCUT2D eigenvalue weighted by Crippen LogP contribution is -2.48. The van der Waals surface area contributed by atoms with E-state index in [1.165, 1.54) is 12.1 Å². The van der Waals surface area contributed by atoms with Crippen LogP contribution in [0.1, 0.15) is 40.9 Å². The van der Waals surface area contributed by atoms with Crippen LogP contribution in [0.3, 0.4) is 0 Å². The third-order valence-electron chi connectivity index (χ3n) is 6.11. The van der Waals surface area contributed by atoms with Crippen LogP contribution in [-0.2, 0) is 15.1 Å². The molecule has 2 heterocycles. The summed E-state index contributed by atoms with van der Waals surface area (Å²) in [7, 11) is 0. The van der Waals surface area contributed by atoms with Gasteiger partial charge in [0, 0.05) is 28.8 Å². The maximum atomic E-state index is 12.9. The fourth-order valence-electron chi connectivity index (χ4n) is 4.54. The number of hydrogen-bond donors (Lipinski definition) is 3. The topological polar surface area (TPSA) is 120 Å². The second-order valence-corrected chi connectivity index (χ2v) is 9.15. The minimum absolute atomic E-state index is 0.00510. The zero-order valence-corrected chi connectivity index (χ0v) is 19.7. The molecule has 8 nitrogen and oxygen atoms in total. The molecule has 4 N–H and O–H groups in total. The zero-order valence-electron chi connectivity index (χ0n) is 18.9. The molecular weight excluding hydrogens is 468 g/mol. The van der Waals surface area contributed by atoms with Crippen LogP contribution in [0.4, 0.5) is 0 Å². The molecule has 178 valence electrons. The van der Waals surface area contributed by atoms with Crippen molar-refractivity contribution in [2.75, 3.05) is 0 Å². The Morgan fingerprint density at radius 1 is 1.06 bits per heavy atom. The summed E-state index contributed by atoms with van der Waals surface area (Å²) in [6.07, 6.45) is 0. The molecule has 0 aliphatic carbocycles. The molecule has 3 aromatic carbocycles. The van der Waals surface area contributed by atoms with Crippen molar-refractivity contribution in [1.82, 2.24) is 5.32 Å². The van der Waals surface area contributed by atoms with Crippen molar-refractivity contribution < 1.29 is 28.9 Å². The number of ether oxygens (including phenoxy) is 3. The normalized spacial score (nSPS) is 18.1. The number of nitrogens with one attached hydrogen (secondary N) is 1. The fourth-order valence-corrected chi connectivity index (χ4v) is 4.67. The summed E-state index contributed by atoms with van der Waals surface area (Å²) in [5, 5.41) is 12.8. The van der Waals surface area contributed by atoms with Crippen LogP contribution >= 0.6 is 12.2 Å². The van der Waals surface area contributed by atoms with Crippen molar-refractivity contribution in [1.29, 1.82) is 0 Å². The van der Waals surface area contributed by atoms with Crippen LogP contribution < -0.4 is 20.5 Å². The predicted molar refractivity (Wildman–Crippen MR) is 131 cm³/mol.